The van der Waals surface area contributed by atoms with Gasteiger partial charge in [0.25, 0.3) is 0 Å². The summed E-state index contributed by atoms with van der Waals surface area (Å²) in [5, 5.41) is 12.9. The van der Waals surface area contributed by atoms with E-state index in [0.29, 0.717) is 24.0 Å². The summed E-state index contributed by atoms with van der Waals surface area (Å²) in [6.07, 6.45) is 2.72. The van der Waals surface area contributed by atoms with Gasteiger partial charge < -0.3 is 10.1 Å². The van der Waals surface area contributed by atoms with Crippen LogP contribution in [-0.2, 0) is 6.54 Å². The zero-order valence-electron chi connectivity index (χ0n) is 12.8. The van der Waals surface area contributed by atoms with E-state index in [1.165, 1.54) is 0 Å². The maximum Gasteiger partial charge on any atom is 0.142 e. The number of para-hydroxylation sites is 1. The monoisotopic (exact) mass is 306 g/mol. The van der Waals surface area contributed by atoms with Gasteiger partial charge >= 0.3 is 0 Å². The van der Waals surface area contributed by atoms with Crippen LogP contribution >= 0.6 is 11.6 Å². The quantitative estimate of drug-likeness (QED) is 0.784. The predicted octanol–water partition coefficient (Wildman–Crippen LogP) is 4.16. The average Bonchev–Trinajstić information content (AvgIpc) is 3.18. The lowest BCUT2D eigenvalue weighted by molar-refractivity contribution is 0.234. The first kappa shape index (κ1) is 16.1. The molecule has 21 heavy (non-hydrogen) atoms. The van der Waals surface area contributed by atoms with E-state index in [2.05, 4.69) is 25.2 Å². The van der Waals surface area contributed by atoms with Gasteiger partial charge in [0, 0.05) is 23.9 Å². The Balaban J connectivity index is 1.99. The third-order valence-electron chi connectivity index (χ3n) is 3.85. The van der Waals surface area contributed by atoms with E-state index in [1.54, 1.807) is 0 Å². The van der Waals surface area contributed by atoms with Gasteiger partial charge in [-0.2, -0.15) is 5.26 Å². The van der Waals surface area contributed by atoms with Gasteiger partial charge in [-0.25, -0.2) is 0 Å². The lowest BCUT2D eigenvalue weighted by Gasteiger charge is -2.17. The molecule has 1 saturated carbocycles. The van der Waals surface area contributed by atoms with E-state index >= 15 is 0 Å². The molecule has 1 aromatic rings. The molecule has 0 atom stereocenters. The summed E-state index contributed by atoms with van der Waals surface area (Å²) in [4.78, 5) is 0. The molecule has 3 nitrogen and oxygen atoms in total. The minimum Gasteiger partial charge on any atom is -0.491 e. The topological polar surface area (TPSA) is 45.0 Å². The van der Waals surface area contributed by atoms with Crippen LogP contribution in [0.5, 0.6) is 5.75 Å². The number of rotatable bonds is 8. The van der Waals surface area contributed by atoms with Crippen molar-refractivity contribution in [3.8, 4) is 11.8 Å². The number of halogens is 1. The summed E-state index contributed by atoms with van der Waals surface area (Å²) in [5.74, 6) is 1.37. The molecule has 1 aromatic carbocycles. The first-order valence-electron chi connectivity index (χ1n) is 7.54. The Morgan fingerprint density at radius 3 is 2.81 bits per heavy atom. The SMILES string of the molecule is CC(C)CNCc1cccc(Cl)c1OCC1(CC#N)CC1. The normalized spacial score (nSPS) is 15.8. The highest BCUT2D eigenvalue weighted by atomic mass is 35.5. The lowest BCUT2D eigenvalue weighted by atomic mass is 10.1. The smallest absolute Gasteiger partial charge is 0.142 e. The van der Waals surface area contributed by atoms with Crippen molar-refractivity contribution in [2.45, 2.75) is 39.7 Å². The van der Waals surface area contributed by atoms with Crippen molar-refractivity contribution >= 4 is 11.6 Å². The molecule has 1 N–H and O–H groups in total. The first-order valence-corrected chi connectivity index (χ1v) is 7.92. The Labute approximate surface area is 132 Å². The third kappa shape index (κ3) is 4.62. The molecule has 1 fully saturated rings. The Kier molecular flexibility index (Phi) is 5.50. The minimum absolute atomic E-state index is 0.0660. The second-order valence-electron chi connectivity index (χ2n) is 6.38. The van der Waals surface area contributed by atoms with E-state index in [9.17, 15) is 0 Å². The molecule has 2 rings (SSSR count). The van der Waals surface area contributed by atoms with Crippen molar-refractivity contribution in [2.24, 2.45) is 11.3 Å². The molecule has 0 spiro atoms. The van der Waals surface area contributed by atoms with E-state index in [1.807, 2.05) is 18.2 Å². The van der Waals surface area contributed by atoms with Gasteiger partial charge in [0.05, 0.1) is 17.7 Å². The van der Waals surface area contributed by atoms with Gasteiger partial charge in [-0.15, -0.1) is 0 Å². The largest absolute Gasteiger partial charge is 0.491 e. The van der Waals surface area contributed by atoms with Gasteiger partial charge in [0.15, 0.2) is 0 Å². The molecule has 0 amide bonds. The summed E-state index contributed by atoms with van der Waals surface area (Å²) in [6.45, 7) is 6.66. The second-order valence-corrected chi connectivity index (χ2v) is 6.78. The van der Waals surface area contributed by atoms with Crippen LogP contribution in [0.4, 0.5) is 0 Å². The molecule has 1 aliphatic rings. The van der Waals surface area contributed by atoms with Crippen LogP contribution in [0.25, 0.3) is 0 Å². The number of nitrogens with one attached hydrogen (secondary N) is 1. The molecular formula is C17H23ClN2O. The van der Waals surface area contributed by atoms with Gasteiger partial charge in [-0.3, -0.25) is 0 Å². The summed E-state index contributed by atoms with van der Waals surface area (Å²) < 4.78 is 5.98. The molecule has 4 heteroatoms. The van der Waals surface area contributed by atoms with Crippen molar-refractivity contribution < 1.29 is 4.74 Å². The van der Waals surface area contributed by atoms with Crippen molar-refractivity contribution in [2.75, 3.05) is 13.2 Å². The minimum atomic E-state index is 0.0660. The molecule has 114 valence electrons. The highest BCUT2D eigenvalue weighted by Gasteiger charge is 2.43. The molecule has 1 aliphatic carbocycles. The highest BCUT2D eigenvalue weighted by Crippen LogP contribution is 2.49. The van der Waals surface area contributed by atoms with Crippen LogP contribution in [0.15, 0.2) is 18.2 Å². The van der Waals surface area contributed by atoms with Crippen LogP contribution in [-0.4, -0.2) is 13.2 Å². The maximum atomic E-state index is 8.87. The molecular weight excluding hydrogens is 284 g/mol. The van der Waals surface area contributed by atoms with E-state index < -0.39 is 0 Å². The van der Waals surface area contributed by atoms with Crippen molar-refractivity contribution in [1.29, 1.82) is 5.26 Å². The Bertz CT molecular complexity index is 518. The summed E-state index contributed by atoms with van der Waals surface area (Å²) in [5.41, 5.74) is 1.15. The fraction of sp³-hybridized carbons (Fsp3) is 0.588. The summed E-state index contributed by atoms with van der Waals surface area (Å²) in [6, 6.07) is 8.10. The lowest BCUT2D eigenvalue weighted by Crippen LogP contribution is -2.20. The summed E-state index contributed by atoms with van der Waals surface area (Å²) in [7, 11) is 0. The number of hydrogen-bond donors (Lipinski definition) is 1. The molecule has 0 aromatic heterocycles. The third-order valence-corrected chi connectivity index (χ3v) is 4.15. The molecule has 0 bridgehead atoms. The predicted molar refractivity (Wildman–Crippen MR) is 85.4 cm³/mol. The Hall–Kier alpha value is -1.24. The van der Waals surface area contributed by atoms with Crippen LogP contribution < -0.4 is 10.1 Å². The Morgan fingerprint density at radius 2 is 2.19 bits per heavy atom. The number of benzene rings is 1. The molecule has 0 unspecified atom stereocenters. The van der Waals surface area contributed by atoms with Crippen LogP contribution in [0.2, 0.25) is 5.02 Å². The number of nitrogens with zero attached hydrogens (tertiary/aromatic N) is 1. The molecule has 0 saturated heterocycles. The van der Waals surface area contributed by atoms with Crippen LogP contribution in [0.3, 0.4) is 0 Å². The van der Waals surface area contributed by atoms with Crippen molar-refractivity contribution in [3.05, 3.63) is 28.8 Å². The van der Waals surface area contributed by atoms with Crippen molar-refractivity contribution in [1.82, 2.24) is 5.32 Å². The van der Waals surface area contributed by atoms with Crippen LogP contribution in [0.1, 0.15) is 38.7 Å². The summed E-state index contributed by atoms with van der Waals surface area (Å²) >= 11 is 6.28. The molecule has 0 aliphatic heterocycles. The zero-order chi connectivity index (χ0) is 15.3. The number of nitriles is 1. The van der Waals surface area contributed by atoms with E-state index in [0.717, 1.165) is 37.2 Å². The van der Waals surface area contributed by atoms with Gasteiger partial charge in [-0.1, -0.05) is 37.6 Å². The average molecular weight is 307 g/mol. The number of hydrogen-bond acceptors (Lipinski definition) is 3. The standard InChI is InChI=1S/C17H23ClN2O/c1-13(2)10-20-11-14-4-3-5-15(18)16(14)21-12-17(6-7-17)8-9-19/h3-5,13,20H,6-8,10-12H2,1-2H3. The van der Waals surface area contributed by atoms with Crippen LogP contribution in [0, 0.1) is 22.7 Å². The number of ether oxygens (including phenoxy) is 1. The molecule has 0 radical (unpaired) electrons. The highest BCUT2D eigenvalue weighted by molar-refractivity contribution is 6.32. The van der Waals surface area contributed by atoms with Crippen molar-refractivity contribution in [3.63, 3.8) is 0 Å². The van der Waals surface area contributed by atoms with Gasteiger partial charge in [0.1, 0.15) is 5.75 Å². The maximum absolute atomic E-state index is 8.87. The Morgan fingerprint density at radius 1 is 1.43 bits per heavy atom. The fourth-order valence-electron chi connectivity index (χ4n) is 2.29. The van der Waals surface area contributed by atoms with E-state index in [4.69, 9.17) is 21.6 Å². The zero-order valence-corrected chi connectivity index (χ0v) is 13.5. The van der Waals surface area contributed by atoms with Gasteiger partial charge in [0.2, 0.25) is 0 Å². The first-order chi connectivity index (χ1) is 10.1. The molecule has 0 heterocycles. The van der Waals surface area contributed by atoms with E-state index in [-0.39, 0.29) is 5.41 Å². The van der Waals surface area contributed by atoms with Gasteiger partial charge in [-0.05, 0) is 31.4 Å². The second kappa shape index (κ2) is 7.15. The fourth-order valence-corrected chi connectivity index (χ4v) is 2.54.